The van der Waals surface area contributed by atoms with E-state index in [2.05, 4.69) is 25.0 Å². The van der Waals surface area contributed by atoms with Crippen molar-refractivity contribution in [2.75, 3.05) is 13.1 Å². The second kappa shape index (κ2) is 8.60. The van der Waals surface area contributed by atoms with Gasteiger partial charge in [0.1, 0.15) is 0 Å². The zero-order chi connectivity index (χ0) is 21.3. The van der Waals surface area contributed by atoms with Crippen LogP contribution in [0.5, 0.6) is 0 Å². The van der Waals surface area contributed by atoms with Crippen LogP contribution >= 0.6 is 0 Å². The molecule has 1 saturated heterocycles. The summed E-state index contributed by atoms with van der Waals surface area (Å²) in [6.07, 6.45) is 7.27. The minimum atomic E-state index is -2.69. The highest BCUT2D eigenvalue weighted by atomic mass is 19.3. The van der Waals surface area contributed by atoms with Crippen molar-refractivity contribution in [3.63, 3.8) is 0 Å². The molecule has 1 aliphatic heterocycles. The third-order valence-electron chi connectivity index (χ3n) is 6.55. The van der Waals surface area contributed by atoms with Gasteiger partial charge < -0.3 is 4.90 Å². The first-order valence-corrected chi connectivity index (χ1v) is 11.4. The molecule has 0 atom stereocenters. The summed E-state index contributed by atoms with van der Waals surface area (Å²) < 4.78 is 29.1. The predicted octanol–water partition coefficient (Wildman–Crippen LogP) is 5.24. The van der Waals surface area contributed by atoms with Crippen molar-refractivity contribution in [3.8, 4) is 0 Å². The molecule has 4 rings (SSSR count). The highest BCUT2D eigenvalue weighted by Gasteiger charge is 2.34. The van der Waals surface area contributed by atoms with Crippen molar-refractivity contribution in [2.24, 2.45) is 5.92 Å². The minimum Gasteiger partial charge on any atom is -0.337 e. The van der Waals surface area contributed by atoms with Gasteiger partial charge in [-0.05, 0) is 30.7 Å². The zero-order valence-electron chi connectivity index (χ0n) is 18.0. The van der Waals surface area contributed by atoms with E-state index in [9.17, 15) is 13.6 Å². The van der Waals surface area contributed by atoms with Gasteiger partial charge in [0.05, 0.1) is 0 Å². The predicted molar refractivity (Wildman–Crippen MR) is 112 cm³/mol. The van der Waals surface area contributed by atoms with E-state index in [1.54, 1.807) is 10.6 Å². The van der Waals surface area contributed by atoms with Gasteiger partial charge >= 0.3 is 0 Å². The third-order valence-corrected chi connectivity index (χ3v) is 6.55. The van der Waals surface area contributed by atoms with Crippen molar-refractivity contribution >= 4 is 11.6 Å². The molecule has 2 aromatic rings. The summed E-state index contributed by atoms with van der Waals surface area (Å²) in [7, 11) is 0. The summed E-state index contributed by atoms with van der Waals surface area (Å²) in [5.41, 5.74) is 3.07. The van der Waals surface area contributed by atoms with Crippen LogP contribution < -0.4 is 0 Å². The van der Waals surface area contributed by atoms with Gasteiger partial charge in [0.25, 0.3) is 5.91 Å². The Morgan fingerprint density at radius 1 is 1.13 bits per heavy atom. The highest BCUT2D eigenvalue weighted by Crippen LogP contribution is 2.29. The molecule has 0 spiro atoms. The van der Waals surface area contributed by atoms with Crippen molar-refractivity contribution < 1.29 is 13.6 Å². The lowest BCUT2D eigenvalue weighted by molar-refractivity contribution is -0.0126. The Morgan fingerprint density at radius 3 is 2.63 bits per heavy atom. The topological polar surface area (TPSA) is 50.5 Å². The number of carbonyl (C=O) groups is 1. The van der Waals surface area contributed by atoms with Crippen LogP contribution in [0.15, 0.2) is 12.1 Å². The van der Waals surface area contributed by atoms with Gasteiger partial charge in [-0.2, -0.15) is 5.10 Å². The average Bonchev–Trinajstić information content (AvgIpc) is 3.05. The average molecular weight is 419 g/mol. The fourth-order valence-electron chi connectivity index (χ4n) is 4.79. The minimum absolute atomic E-state index is 0.0666. The second-order valence-corrected chi connectivity index (χ2v) is 9.34. The molecule has 7 heteroatoms. The summed E-state index contributed by atoms with van der Waals surface area (Å²) in [4.78, 5) is 19.3. The van der Waals surface area contributed by atoms with Crippen LogP contribution in [0.25, 0.3) is 5.65 Å². The number of nitrogens with zero attached hydrogens (tertiary/aromatic N) is 4. The molecular weight excluding hydrogens is 386 g/mol. The van der Waals surface area contributed by atoms with Gasteiger partial charge in [0.2, 0.25) is 5.92 Å². The lowest BCUT2D eigenvalue weighted by Crippen LogP contribution is -2.33. The van der Waals surface area contributed by atoms with Crippen molar-refractivity contribution in [1.82, 2.24) is 19.5 Å². The van der Waals surface area contributed by atoms with E-state index in [0.717, 1.165) is 17.8 Å². The van der Waals surface area contributed by atoms with Crippen LogP contribution in [0, 0.1) is 5.92 Å². The smallest absolute Gasteiger partial charge is 0.274 e. The van der Waals surface area contributed by atoms with E-state index in [-0.39, 0.29) is 31.2 Å². The number of rotatable bonds is 4. The molecule has 3 heterocycles. The summed E-state index contributed by atoms with van der Waals surface area (Å²) in [6.45, 7) is 4.63. The Morgan fingerprint density at radius 2 is 1.90 bits per heavy atom. The molecule has 5 nitrogen and oxygen atoms in total. The number of likely N-dealkylation sites (tertiary alicyclic amines) is 1. The Hall–Kier alpha value is -2.05. The number of aromatic nitrogens is 3. The lowest BCUT2D eigenvalue weighted by Gasteiger charge is -2.21. The summed E-state index contributed by atoms with van der Waals surface area (Å²) >= 11 is 0. The molecule has 0 unspecified atom stereocenters. The van der Waals surface area contributed by atoms with Gasteiger partial charge in [-0.15, -0.1) is 0 Å². The quantitative estimate of drug-likeness (QED) is 0.683. The molecule has 0 radical (unpaired) electrons. The molecule has 2 aromatic heterocycles. The van der Waals surface area contributed by atoms with Crippen LogP contribution in [-0.2, 0) is 6.42 Å². The second-order valence-electron chi connectivity index (χ2n) is 9.34. The van der Waals surface area contributed by atoms with Gasteiger partial charge in [-0.1, -0.05) is 46.0 Å². The first-order chi connectivity index (χ1) is 14.3. The molecule has 1 aliphatic carbocycles. The maximum absolute atomic E-state index is 13.7. The lowest BCUT2D eigenvalue weighted by atomic mass is 9.86. The van der Waals surface area contributed by atoms with Gasteiger partial charge in [-0.25, -0.2) is 18.3 Å². The molecule has 30 heavy (non-hydrogen) atoms. The standard InChI is InChI=1S/C23H32F2N4O/c1-16(2)20-14-18(13-17-7-4-3-5-8-17)26-21-15-19(27-29(20)21)22(30)28-11-6-9-23(24,25)10-12-28/h14-17H,3-13H2,1-2H3. The molecule has 0 aromatic carbocycles. The Labute approximate surface area is 176 Å². The van der Waals surface area contributed by atoms with Gasteiger partial charge in [0, 0.05) is 43.4 Å². The number of alkyl halides is 2. The van der Waals surface area contributed by atoms with Gasteiger partial charge in [-0.3, -0.25) is 4.79 Å². The summed E-state index contributed by atoms with van der Waals surface area (Å²) in [5.74, 6) is -2.05. The highest BCUT2D eigenvalue weighted by molar-refractivity contribution is 5.93. The zero-order valence-corrected chi connectivity index (χ0v) is 18.0. The largest absolute Gasteiger partial charge is 0.337 e. The normalized spacial score (nSPS) is 20.6. The number of carbonyl (C=O) groups excluding carboxylic acids is 1. The maximum Gasteiger partial charge on any atom is 0.274 e. The number of halogens is 2. The van der Waals surface area contributed by atoms with Crippen LogP contribution in [0.4, 0.5) is 8.78 Å². The third kappa shape index (κ3) is 4.65. The van der Waals surface area contributed by atoms with Crippen molar-refractivity contribution in [2.45, 2.75) is 83.5 Å². The molecule has 0 N–H and O–H groups in total. The number of hydrogen-bond donors (Lipinski definition) is 0. The Bertz CT molecular complexity index is 902. The maximum atomic E-state index is 13.7. The molecule has 2 fully saturated rings. The molecule has 1 saturated carbocycles. The van der Waals surface area contributed by atoms with E-state index in [1.165, 1.54) is 37.0 Å². The molecule has 0 bridgehead atoms. The van der Waals surface area contributed by atoms with E-state index in [0.29, 0.717) is 30.2 Å². The van der Waals surface area contributed by atoms with Gasteiger partial charge in [0.15, 0.2) is 11.3 Å². The van der Waals surface area contributed by atoms with Crippen LogP contribution in [0.3, 0.4) is 0 Å². The van der Waals surface area contributed by atoms with Crippen molar-refractivity contribution in [1.29, 1.82) is 0 Å². The number of fused-ring (bicyclic) bond motifs is 1. The molecule has 2 aliphatic rings. The van der Waals surface area contributed by atoms with E-state index in [4.69, 9.17) is 4.98 Å². The number of hydrogen-bond acceptors (Lipinski definition) is 3. The SMILES string of the molecule is CC(C)c1cc(CC2CCCCC2)nc2cc(C(=O)N3CCCC(F)(F)CC3)nn12. The van der Waals surface area contributed by atoms with Crippen LogP contribution in [0.2, 0.25) is 0 Å². The fourth-order valence-corrected chi connectivity index (χ4v) is 4.79. The monoisotopic (exact) mass is 418 g/mol. The Balaban J connectivity index is 1.60. The first-order valence-electron chi connectivity index (χ1n) is 11.4. The van der Waals surface area contributed by atoms with Crippen LogP contribution in [-0.4, -0.2) is 44.4 Å². The fraction of sp³-hybridized carbons (Fsp3) is 0.696. The van der Waals surface area contributed by atoms with E-state index in [1.807, 2.05) is 0 Å². The number of amides is 1. The molecular formula is C23H32F2N4O. The summed E-state index contributed by atoms with van der Waals surface area (Å²) in [5, 5.41) is 4.54. The molecule has 1 amide bonds. The van der Waals surface area contributed by atoms with Crippen molar-refractivity contribution in [3.05, 3.63) is 29.2 Å². The first kappa shape index (κ1) is 21.2. The summed E-state index contributed by atoms with van der Waals surface area (Å²) in [6, 6.07) is 3.85. The van der Waals surface area contributed by atoms with E-state index >= 15 is 0 Å². The van der Waals surface area contributed by atoms with Crippen LogP contribution in [0.1, 0.15) is 93.0 Å². The molecule has 164 valence electrons. The Kier molecular flexibility index (Phi) is 6.07. The van der Waals surface area contributed by atoms with E-state index < -0.39 is 5.92 Å².